The lowest BCUT2D eigenvalue weighted by Crippen LogP contribution is -1.99. The number of non-ortho nitro benzene ring substituents is 1. The molecule has 0 unspecified atom stereocenters. The molecular weight excluding hydrogens is 408 g/mol. The fraction of sp³-hybridized carbons (Fsp3) is 0. The highest BCUT2D eigenvalue weighted by Crippen LogP contribution is 2.34. The minimum Gasteiger partial charge on any atom is -0.316 e. The van der Waals surface area contributed by atoms with Gasteiger partial charge in [-0.1, -0.05) is 22.0 Å². The van der Waals surface area contributed by atoms with E-state index in [1.165, 1.54) is 18.3 Å². The molecule has 2 aromatic carbocycles. The molecule has 2 aromatic heterocycles. The molecule has 0 spiro atoms. The molecule has 7 heteroatoms. The minimum absolute atomic E-state index is 0.0406. The molecule has 0 atom stereocenters. The zero-order chi connectivity index (χ0) is 19.0. The average molecular weight is 419 g/mol. The van der Waals surface area contributed by atoms with E-state index >= 15 is 0 Å². The lowest BCUT2D eigenvalue weighted by Gasteiger charge is -2.13. The van der Waals surface area contributed by atoms with Gasteiger partial charge in [-0.3, -0.25) is 15.1 Å². The van der Waals surface area contributed by atoms with Crippen molar-refractivity contribution in [2.75, 3.05) is 0 Å². The lowest BCUT2D eigenvalue weighted by molar-refractivity contribution is -0.384. The molecule has 4 rings (SSSR count). The molecule has 0 saturated heterocycles. The number of benzene rings is 2. The van der Waals surface area contributed by atoms with Crippen LogP contribution >= 0.6 is 15.9 Å². The van der Waals surface area contributed by atoms with Crippen molar-refractivity contribution in [1.82, 2.24) is 9.55 Å². The Balaban J connectivity index is 2.05. The van der Waals surface area contributed by atoms with Gasteiger partial charge in [0.25, 0.3) is 5.69 Å². The van der Waals surface area contributed by atoms with Crippen LogP contribution in [-0.4, -0.2) is 14.5 Å². The Morgan fingerprint density at radius 1 is 1.15 bits per heavy atom. The Kier molecular flexibility index (Phi) is 4.18. The van der Waals surface area contributed by atoms with Gasteiger partial charge >= 0.3 is 0 Å². The molecule has 2 heterocycles. The summed E-state index contributed by atoms with van der Waals surface area (Å²) in [6.45, 7) is 0. The number of nitro benzene ring substituents is 1. The number of hydrogen-bond acceptors (Lipinski definition) is 4. The second-order valence-corrected chi connectivity index (χ2v) is 6.78. The van der Waals surface area contributed by atoms with Gasteiger partial charge in [-0.05, 0) is 36.4 Å². The van der Waals surface area contributed by atoms with Crippen molar-refractivity contribution in [2.24, 2.45) is 0 Å². The fourth-order valence-corrected chi connectivity index (χ4v) is 3.48. The maximum absolute atomic E-state index is 11.2. The van der Waals surface area contributed by atoms with Crippen molar-refractivity contribution in [3.8, 4) is 23.0 Å². The SMILES string of the molecule is N#Cc1cnc2ccc([N+](=O)[O-])cc2c1-c1cccn1-c1cccc(Br)c1. The topological polar surface area (TPSA) is 84.8 Å². The molecule has 0 amide bonds. The Labute approximate surface area is 162 Å². The van der Waals surface area contributed by atoms with Crippen LogP contribution in [0.15, 0.2) is 71.5 Å². The highest BCUT2D eigenvalue weighted by atomic mass is 79.9. The molecule has 0 aliphatic carbocycles. The van der Waals surface area contributed by atoms with Crippen molar-refractivity contribution in [2.45, 2.75) is 0 Å². The van der Waals surface area contributed by atoms with E-state index in [0.717, 1.165) is 15.9 Å². The number of halogens is 1. The van der Waals surface area contributed by atoms with Crippen LogP contribution < -0.4 is 0 Å². The fourth-order valence-electron chi connectivity index (χ4n) is 3.09. The van der Waals surface area contributed by atoms with Gasteiger partial charge in [0.15, 0.2) is 0 Å². The van der Waals surface area contributed by atoms with Gasteiger partial charge in [0, 0.05) is 45.6 Å². The predicted molar refractivity (Wildman–Crippen MR) is 106 cm³/mol. The van der Waals surface area contributed by atoms with E-state index in [1.54, 1.807) is 6.07 Å². The molecule has 27 heavy (non-hydrogen) atoms. The van der Waals surface area contributed by atoms with Gasteiger partial charge in [-0.25, -0.2) is 0 Å². The second kappa shape index (κ2) is 6.67. The zero-order valence-electron chi connectivity index (χ0n) is 13.8. The summed E-state index contributed by atoms with van der Waals surface area (Å²) in [7, 11) is 0. The minimum atomic E-state index is -0.449. The third-order valence-electron chi connectivity index (χ3n) is 4.27. The Morgan fingerprint density at radius 2 is 2.00 bits per heavy atom. The number of hydrogen-bond donors (Lipinski definition) is 0. The van der Waals surface area contributed by atoms with Crippen LogP contribution in [-0.2, 0) is 0 Å². The Morgan fingerprint density at radius 3 is 2.74 bits per heavy atom. The second-order valence-electron chi connectivity index (χ2n) is 5.86. The monoisotopic (exact) mass is 418 g/mol. The number of rotatable bonds is 3. The quantitative estimate of drug-likeness (QED) is 0.336. The molecule has 0 saturated carbocycles. The predicted octanol–water partition coefficient (Wildman–Crippen LogP) is 5.23. The van der Waals surface area contributed by atoms with E-state index in [0.29, 0.717) is 22.0 Å². The van der Waals surface area contributed by atoms with E-state index in [-0.39, 0.29) is 5.69 Å². The summed E-state index contributed by atoms with van der Waals surface area (Å²) >= 11 is 3.47. The van der Waals surface area contributed by atoms with Gasteiger partial charge < -0.3 is 4.57 Å². The van der Waals surface area contributed by atoms with Crippen molar-refractivity contribution in [3.05, 3.63) is 87.1 Å². The number of nitriles is 1. The van der Waals surface area contributed by atoms with E-state index in [1.807, 2.05) is 47.2 Å². The van der Waals surface area contributed by atoms with E-state index < -0.39 is 4.92 Å². The number of pyridine rings is 1. The first-order valence-corrected chi connectivity index (χ1v) is 8.78. The largest absolute Gasteiger partial charge is 0.316 e. The molecule has 0 radical (unpaired) electrons. The molecule has 0 aliphatic rings. The highest BCUT2D eigenvalue weighted by molar-refractivity contribution is 9.10. The average Bonchev–Trinajstić information content (AvgIpc) is 3.15. The molecule has 0 bridgehead atoms. The van der Waals surface area contributed by atoms with E-state index in [9.17, 15) is 15.4 Å². The molecule has 6 nitrogen and oxygen atoms in total. The van der Waals surface area contributed by atoms with Crippen LogP contribution in [0.1, 0.15) is 5.56 Å². The standard InChI is InChI=1S/C20H11BrN4O2/c21-14-3-1-4-15(9-14)24-8-2-5-19(24)20-13(11-22)12-23-18-7-6-16(25(26)27)10-17(18)20/h1-10,12H. The number of nitro groups is 1. The summed E-state index contributed by atoms with van der Waals surface area (Å²) in [4.78, 5) is 15.1. The summed E-state index contributed by atoms with van der Waals surface area (Å²) in [5.74, 6) is 0. The van der Waals surface area contributed by atoms with Gasteiger partial charge in [0.05, 0.1) is 21.7 Å². The van der Waals surface area contributed by atoms with Crippen LogP contribution in [0.5, 0.6) is 0 Å². The van der Waals surface area contributed by atoms with Gasteiger partial charge in [-0.15, -0.1) is 0 Å². The number of nitrogens with zero attached hydrogens (tertiary/aromatic N) is 4. The first-order valence-electron chi connectivity index (χ1n) is 7.99. The van der Waals surface area contributed by atoms with Gasteiger partial charge in [0.2, 0.25) is 0 Å². The van der Waals surface area contributed by atoms with E-state index in [2.05, 4.69) is 27.0 Å². The normalized spacial score (nSPS) is 10.7. The van der Waals surface area contributed by atoms with Crippen LogP contribution in [0, 0.1) is 21.4 Å². The highest BCUT2D eigenvalue weighted by Gasteiger charge is 2.18. The smallest absolute Gasteiger partial charge is 0.270 e. The van der Waals surface area contributed by atoms with Gasteiger partial charge in [0.1, 0.15) is 6.07 Å². The summed E-state index contributed by atoms with van der Waals surface area (Å²) in [6.07, 6.45) is 3.39. The molecule has 0 fully saturated rings. The number of fused-ring (bicyclic) bond motifs is 1. The lowest BCUT2D eigenvalue weighted by atomic mass is 10.0. The van der Waals surface area contributed by atoms with Crippen molar-refractivity contribution in [1.29, 1.82) is 5.26 Å². The third kappa shape index (κ3) is 2.96. The zero-order valence-corrected chi connectivity index (χ0v) is 15.4. The van der Waals surface area contributed by atoms with Gasteiger partial charge in [-0.2, -0.15) is 5.26 Å². The molecule has 130 valence electrons. The Hall–Kier alpha value is -3.50. The van der Waals surface area contributed by atoms with Crippen molar-refractivity contribution < 1.29 is 4.92 Å². The van der Waals surface area contributed by atoms with Crippen LogP contribution in [0.4, 0.5) is 5.69 Å². The first-order chi connectivity index (χ1) is 13.1. The van der Waals surface area contributed by atoms with Crippen LogP contribution in [0.25, 0.3) is 27.8 Å². The maximum atomic E-state index is 11.2. The van der Waals surface area contributed by atoms with Crippen molar-refractivity contribution >= 4 is 32.5 Å². The summed E-state index contributed by atoms with van der Waals surface area (Å²) in [5.41, 5.74) is 3.20. The summed E-state index contributed by atoms with van der Waals surface area (Å²) in [5, 5.41) is 21.4. The third-order valence-corrected chi connectivity index (χ3v) is 4.77. The van der Waals surface area contributed by atoms with Crippen LogP contribution in [0.2, 0.25) is 0 Å². The molecule has 4 aromatic rings. The van der Waals surface area contributed by atoms with Crippen LogP contribution in [0.3, 0.4) is 0 Å². The summed E-state index contributed by atoms with van der Waals surface area (Å²) < 4.78 is 2.87. The molecular formula is C20H11BrN4O2. The number of aromatic nitrogens is 2. The maximum Gasteiger partial charge on any atom is 0.270 e. The first kappa shape index (κ1) is 16.9. The Bertz CT molecular complexity index is 1240. The van der Waals surface area contributed by atoms with E-state index in [4.69, 9.17) is 0 Å². The molecule has 0 N–H and O–H groups in total. The van der Waals surface area contributed by atoms with Crippen molar-refractivity contribution in [3.63, 3.8) is 0 Å². The molecule has 0 aliphatic heterocycles. The summed E-state index contributed by atoms with van der Waals surface area (Å²) in [6, 6.07) is 18.2.